The van der Waals surface area contributed by atoms with E-state index in [9.17, 15) is 21.6 Å². The van der Waals surface area contributed by atoms with E-state index >= 15 is 4.39 Å². The Morgan fingerprint density at radius 1 is 1.13 bits per heavy atom. The Morgan fingerprint density at radius 3 is 2.13 bits per heavy atom. The molecule has 2 heterocycles. The van der Waals surface area contributed by atoms with Crippen LogP contribution in [0.2, 0.25) is 0 Å². The second-order valence-electron chi connectivity index (χ2n) is 6.18. The molecule has 2 bridgehead atoms. The molecule has 0 amide bonds. The van der Waals surface area contributed by atoms with Crippen LogP contribution in [-0.4, -0.2) is 24.8 Å². The first-order chi connectivity index (χ1) is 10.5. The number of nitrogens with two attached hydrogens (primary N) is 1. The van der Waals surface area contributed by atoms with Crippen LogP contribution in [0.1, 0.15) is 36.8 Å². The number of fused-ring (bicyclic) bond motifs is 2. The summed E-state index contributed by atoms with van der Waals surface area (Å²) < 4.78 is 79.2. The molecule has 23 heavy (non-hydrogen) atoms. The molecular formula is C14H16F4N2O2S. The van der Waals surface area contributed by atoms with E-state index in [-0.39, 0.29) is 12.8 Å². The fraction of sp³-hybridized carbons (Fsp3) is 0.571. The topological polar surface area (TPSA) is 63.4 Å². The van der Waals surface area contributed by atoms with E-state index in [0.717, 1.165) is 16.4 Å². The molecule has 2 aliphatic heterocycles. The number of alkyl halides is 4. The Labute approximate surface area is 131 Å². The van der Waals surface area contributed by atoms with Crippen LogP contribution in [-0.2, 0) is 22.1 Å². The van der Waals surface area contributed by atoms with Crippen LogP contribution in [0.15, 0.2) is 24.3 Å². The van der Waals surface area contributed by atoms with Gasteiger partial charge in [0.15, 0.2) is 0 Å². The predicted octanol–water partition coefficient (Wildman–Crippen LogP) is 2.70. The number of piperidine rings is 1. The molecule has 2 unspecified atom stereocenters. The Morgan fingerprint density at radius 2 is 1.65 bits per heavy atom. The van der Waals surface area contributed by atoms with Gasteiger partial charge in [-0.05, 0) is 18.9 Å². The van der Waals surface area contributed by atoms with E-state index < -0.39 is 45.3 Å². The Kier molecular flexibility index (Phi) is 3.73. The molecule has 0 radical (unpaired) electrons. The van der Waals surface area contributed by atoms with Crippen molar-refractivity contribution in [3.63, 3.8) is 0 Å². The third-order valence-corrected chi connectivity index (χ3v) is 5.86. The van der Waals surface area contributed by atoms with Gasteiger partial charge in [0.2, 0.25) is 0 Å². The third-order valence-electron chi connectivity index (χ3n) is 4.68. The molecule has 2 atom stereocenters. The quantitative estimate of drug-likeness (QED) is 0.832. The third kappa shape index (κ3) is 2.85. The van der Waals surface area contributed by atoms with Crippen LogP contribution in [0.4, 0.5) is 17.6 Å². The van der Waals surface area contributed by atoms with Crippen LogP contribution < -0.4 is 5.14 Å². The summed E-state index contributed by atoms with van der Waals surface area (Å²) in [7, 11) is -3.99. The maximum absolute atomic E-state index is 15.4. The zero-order valence-corrected chi connectivity index (χ0v) is 12.9. The molecule has 128 valence electrons. The van der Waals surface area contributed by atoms with E-state index in [1.807, 2.05) is 0 Å². The van der Waals surface area contributed by atoms with Crippen LogP contribution in [0.5, 0.6) is 0 Å². The van der Waals surface area contributed by atoms with Gasteiger partial charge in [0.25, 0.3) is 10.2 Å². The fourth-order valence-corrected chi connectivity index (χ4v) is 5.10. The molecule has 2 saturated heterocycles. The molecule has 1 aromatic rings. The smallest absolute Gasteiger partial charge is 0.239 e. The molecule has 9 heteroatoms. The van der Waals surface area contributed by atoms with Crippen molar-refractivity contribution < 1.29 is 26.0 Å². The first-order valence-electron chi connectivity index (χ1n) is 7.19. The molecule has 0 aromatic heterocycles. The highest BCUT2D eigenvalue weighted by Crippen LogP contribution is 2.51. The Hall–Kier alpha value is -1.19. The predicted molar refractivity (Wildman–Crippen MR) is 75.2 cm³/mol. The number of hydrogen-bond donors (Lipinski definition) is 1. The van der Waals surface area contributed by atoms with Crippen molar-refractivity contribution in [3.8, 4) is 0 Å². The van der Waals surface area contributed by atoms with Crippen molar-refractivity contribution in [1.29, 1.82) is 0 Å². The van der Waals surface area contributed by atoms with Gasteiger partial charge in [0, 0.05) is 30.5 Å². The van der Waals surface area contributed by atoms with Crippen molar-refractivity contribution >= 4 is 10.2 Å². The average Bonchev–Trinajstić information content (AvgIpc) is 2.72. The summed E-state index contributed by atoms with van der Waals surface area (Å²) in [6, 6.07) is 3.16. The zero-order valence-electron chi connectivity index (χ0n) is 12.1. The minimum absolute atomic E-state index is 0.312. The fourth-order valence-electron chi connectivity index (χ4n) is 3.91. The lowest BCUT2D eigenvalue weighted by Crippen LogP contribution is -2.52. The second-order valence-corrected chi connectivity index (χ2v) is 7.63. The molecule has 2 aliphatic rings. The van der Waals surface area contributed by atoms with Crippen molar-refractivity contribution in [1.82, 2.24) is 4.31 Å². The molecule has 4 nitrogen and oxygen atoms in total. The minimum atomic E-state index is -4.66. The maximum atomic E-state index is 15.4. The van der Waals surface area contributed by atoms with Crippen molar-refractivity contribution in [2.75, 3.05) is 0 Å². The number of benzene rings is 1. The molecule has 2 N–H and O–H groups in total. The molecular weight excluding hydrogens is 336 g/mol. The summed E-state index contributed by atoms with van der Waals surface area (Å²) in [6.07, 6.45) is -4.48. The summed E-state index contributed by atoms with van der Waals surface area (Å²) in [4.78, 5) is 0. The normalized spacial score (nSPS) is 32.2. The van der Waals surface area contributed by atoms with Crippen molar-refractivity contribution in [2.45, 2.75) is 49.6 Å². The van der Waals surface area contributed by atoms with Gasteiger partial charge >= 0.3 is 6.18 Å². The number of rotatable bonds is 2. The lowest BCUT2D eigenvalue weighted by atomic mass is 9.81. The van der Waals surface area contributed by atoms with Crippen LogP contribution in [0.3, 0.4) is 0 Å². The number of hydrogen-bond acceptors (Lipinski definition) is 2. The maximum Gasteiger partial charge on any atom is 0.416 e. The highest BCUT2D eigenvalue weighted by atomic mass is 32.2. The lowest BCUT2D eigenvalue weighted by Gasteiger charge is -2.41. The highest BCUT2D eigenvalue weighted by molar-refractivity contribution is 7.86. The zero-order chi connectivity index (χ0) is 17.0. The second kappa shape index (κ2) is 5.15. The number of nitrogens with zero attached hydrogens (tertiary/aromatic N) is 1. The van der Waals surface area contributed by atoms with Crippen LogP contribution in [0, 0.1) is 0 Å². The standard InChI is InChI=1S/C14H16F4N2O2S/c15-13(11-3-1-2-4-12(11)14(16,17)18)7-9-5-6-10(8-13)20(9)23(19,21)22/h1-4,9-10H,5-8H2,(H2,19,21,22). The van der Waals surface area contributed by atoms with Gasteiger partial charge in [-0.15, -0.1) is 0 Å². The van der Waals surface area contributed by atoms with Crippen molar-refractivity contribution in [2.24, 2.45) is 5.14 Å². The molecule has 1 aromatic carbocycles. The summed E-state index contributed by atoms with van der Waals surface area (Å²) >= 11 is 0. The molecule has 3 rings (SSSR count). The summed E-state index contributed by atoms with van der Waals surface area (Å²) in [6.45, 7) is 0. The highest BCUT2D eigenvalue weighted by Gasteiger charge is 2.54. The summed E-state index contributed by atoms with van der Waals surface area (Å²) in [5.74, 6) is 0. The minimum Gasteiger partial charge on any atom is -0.239 e. The lowest BCUT2D eigenvalue weighted by molar-refractivity contribution is -0.140. The molecule has 0 saturated carbocycles. The van der Waals surface area contributed by atoms with Gasteiger partial charge in [-0.2, -0.15) is 25.9 Å². The largest absolute Gasteiger partial charge is 0.416 e. The first-order valence-corrected chi connectivity index (χ1v) is 8.69. The van der Waals surface area contributed by atoms with Crippen LogP contribution >= 0.6 is 0 Å². The molecule has 0 aliphatic carbocycles. The summed E-state index contributed by atoms with van der Waals surface area (Å²) in [5.41, 5.74) is -3.64. The Bertz CT molecular complexity index is 706. The average molecular weight is 352 g/mol. The summed E-state index contributed by atoms with van der Waals surface area (Å²) in [5, 5.41) is 5.15. The van der Waals surface area contributed by atoms with E-state index in [0.29, 0.717) is 12.8 Å². The van der Waals surface area contributed by atoms with E-state index in [1.165, 1.54) is 12.1 Å². The van der Waals surface area contributed by atoms with E-state index in [1.54, 1.807) is 0 Å². The Balaban J connectivity index is 2.01. The van der Waals surface area contributed by atoms with Gasteiger partial charge in [-0.3, -0.25) is 0 Å². The van der Waals surface area contributed by atoms with Gasteiger partial charge < -0.3 is 0 Å². The molecule has 2 fully saturated rings. The van der Waals surface area contributed by atoms with Gasteiger partial charge in [-0.1, -0.05) is 18.2 Å². The first kappa shape index (κ1) is 16.7. The van der Waals surface area contributed by atoms with E-state index in [4.69, 9.17) is 5.14 Å². The monoisotopic (exact) mass is 352 g/mol. The van der Waals surface area contributed by atoms with Gasteiger partial charge in [0.1, 0.15) is 5.67 Å². The van der Waals surface area contributed by atoms with Gasteiger partial charge in [0.05, 0.1) is 5.56 Å². The number of halogens is 4. The van der Waals surface area contributed by atoms with Crippen LogP contribution in [0.25, 0.3) is 0 Å². The van der Waals surface area contributed by atoms with Crippen molar-refractivity contribution in [3.05, 3.63) is 35.4 Å². The SMILES string of the molecule is NS(=O)(=O)N1C2CCC1CC(F)(c1ccccc1C(F)(F)F)C2. The molecule has 0 spiro atoms. The van der Waals surface area contributed by atoms with E-state index in [2.05, 4.69) is 0 Å². The van der Waals surface area contributed by atoms with Gasteiger partial charge in [-0.25, -0.2) is 9.53 Å².